The molecule has 3 aliphatic rings. The molecule has 0 aromatic rings. The first-order valence-corrected chi connectivity index (χ1v) is 8.10. The van der Waals surface area contributed by atoms with Crippen LogP contribution in [0.15, 0.2) is 0 Å². The summed E-state index contributed by atoms with van der Waals surface area (Å²) in [6.07, 6.45) is 3.88. The number of carbonyl (C=O) groups is 2. The molecule has 118 valence electrons. The molecule has 2 aliphatic heterocycles. The van der Waals surface area contributed by atoms with Crippen LogP contribution in [0.5, 0.6) is 0 Å². The Morgan fingerprint density at radius 2 is 1.52 bits per heavy atom. The first-order valence-electron chi connectivity index (χ1n) is 8.10. The van der Waals surface area contributed by atoms with Crippen molar-refractivity contribution in [3.63, 3.8) is 0 Å². The fourth-order valence-corrected chi connectivity index (χ4v) is 3.39. The van der Waals surface area contributed by atoms with Crippen molar-refractivity contribution in [1.29, 1.82) is 0 Å². The number of carboxylic acid groups (broad SMARTS) is 1. The summed E-state index contributed by atoms with van der Waals surface area (Å²) >= 11 is 0. The number of carbonyl (C=O) groups excluding carboxylic acids is 1. The third-order valence-corrected chi connectivity index (χ3v) is 5.03. The second-order valence-corrected chi connectivity index (χ2v) is 6.54. The maximum atomic E-state index is 12.3. The van der Waals surface area contributed by atoms with Crippen molar-refractivity contribution in [2.24, 2.45) is 5.92 Å². The molecule has 0 atom stereocenters. The molecule has 1 aliphatic carbocycles. The van der Waals surface area contributed by atoms with Gasteiger partial charge in [-0.2, -0.15) is 0 Å². The summed E-state index contributed by atoms with van der Waals surface area (Å²) in [5.41, 5.74) is 0. The molecule has 2 saturated heterocycles. The Morgan fingerprint density at radius 1 is 0.905 bits per heavy atom. The van der Waals surface area contributed by atoms with Crippen LogP contribution in [0.25, 0.3) is 0 Å². The Kier molecular flexibility index (Phi) is 4.45. The van der Waals surface area contributed by atoms with Gasteiger partial charge in [-0.1, -0.05) is 0 Å². The van der Waals surface area contributed by atoms with Crippen LogP contribution in [0.4, 0.5) is 0 Å². The van der Waals surface area contributed by atoms with Crippen LogP contribution < -0.4 is 0 Å². The van der Waals surface area contributed by atoms with E-state index in [9.17, 15) is 9.59 Å². The van der Waals surface area contributed by atoms with Crippen LogP contribution in [-0.4, -0.2) is 83.5 Å². The van der Waals surface area contributed by atoms with Crippen molar-refractivity contribution in [1.82, 2.24) is 14.7 Å². The van der Waals surface area contributed by atoms with Gasteiger partial charge < -0.3 is 10.0 Å². The third kappa shape index (κ3) is 3.74. The van der Waals surface area contributed by atoms with Gasteiger partial charge in [-0.15, -0.1) is 0 Å². The van der Waals surface area contributed by atoms with E-state index < -0.39 is 5.97 Å². The number of hydrogen-bond acceptors (Lipinski definition) is 4. The number of piperazine rings is 1. The summed E-state index contributed by atoms with van der Waals surface area (Å²) in [6.45, 7) is 5.81. The van der Waals surface area contributed by atoms with Crippen LogP contribution in [0.3, 0.4) is 0 Å². The number of amides is 1. The first-order chi connectivity index (χ1) is 10.1. The minimum Gasteiger partial charge on any atom is -0.481 e. The van der Waals surface area contributed by atoms with E-state index in [0.29, 0.717) is 32.5 Å². The van der Waals surface area contributed by atoms with E-state index in [1.807, 2.05) is 4.90 Å². The summed E-state index contributed by atoms with van der Waals surface area (Å²) in [7, 11) is 0. The third-order valence-electron chi connectivity index (χ3n) is 5.03. The van der Waals surface area contributed by atoms with Gasteiger partial charge in [-0.25, -0.2) is 0 Å². The summed E-state index contributed by atoms with van der Waals surface area (Å²) < 4.78 is 0. The number of rotatable bonds is 4. The molecule has 0 bridgehead atoms. The molecule has 0 spiro atoms. The average Bonchev–Trinajstić information content (AvgIpc) is 3.33. The van der Waals surface area contributed by atoms with E-state index >= 15 is 0 Å². The molecule has 1 saturated carbocycles. The van der Waals surface area contributed by atoms with Crippen molar-refractivity contribution >= 4 is 11.9 Å². The lowest BCUT2D eigenvalue weighted by molar-refractivity contribution is -0.146. The summed E-state index contributed by atoms with van der Waals surface area (Å²) in [5.74, 6) is -0.826. The normalized spacial score (nSPS) is 26.0. The quantitative estimate of drug-likeness (QED) is 0.796. The van der Waals surface area contributed by atoms with Gasteiger partial charge in [-0.3, -0.25) is 19.4 Å². The Hall–Kier alpha value is -1.14. The molecule has 1 amide bonds. The van der Waals surface area contributed by atoms with Crippen LogP contribution in [0, 0.1) is 5.92 Å². The second kappa shape index (κ2) is 6.32. The van der Waals surface area contributed by atoms with Crippen LogP contribution in [0.2, 0.25) is 0 Å². The molecule has 0 unspecified atom stereocenters. The van der Waals surface area contributed by atoms with Gasteiger partial charge >= 0.3 is 5.97 Å². The van der Waals surface area contributed by atoms with E-state index in [1.165, 1.54) is 12.8 Å². The van der Waals surface area contributed by atoms with Crippen molar-refractivity contribution in [2.75, 3.05) is 45.8 Å². The van der Waals surface area contributed by atoms with Gasteiger partial charge in [-0.05, 0) is 25.7 Å². The molecule has 1 N–H and O–H groups in total. The van der Waals surface area contributed by atoms with Gasteiger partial charge in [0.15, 0.2) is 0 Å². The minimum absolute atomic E-state index is 0.165. The van der Waals surface area contributed by atoms with E-state index in [4.69, 9.17) is 5.11 Å². The van der Waals surface area contributed by atoms with Gasteiger partial charge in [0, 0.05) is 45.3 Å². The fraction of sp³-hybridized carbons (Fsp3) is 0.867. The van der Waals surface area contributed by atoms with Crippen LogP contribution in [-0.2, 0) is 9.59 Å². The molecule has 3 rings (SSSR count). The first kappa shape index (κ1) is 14.8. The zero-order valence-corrected chi connectivity index (χ0v) is 12.5. The van der Waals surface area contributed by atoms with Crippen LogP contribution in [0.1, 0.15) is 25.7 Å². The lowest BCUT2D eigenvalue weighted by Crippen LogP contribution is -2.51. The lowest BCUT2D eigenvalue weighted by atomic mass is 9.97. The predicted molar refractivity (Wildman–Crippen MR) is 78.0 cm³/mol. The fourth-order valence-electron chi connectivity index (χ4n) is 3.39. The molecule has 0 radical (unpaired) electrons. The van der Waals surface area contributed by atoms with Gasteiger partial charge in [0.2, 0.25) is 5.91 Å². The maximum absolute atomic E-state index is 12.3. The topological polar surface area (TPSA) is 64.1 Å². The number of nitrogens with zero attached hydrogens (tertiary/aromatic N) is 3. The highest BCUT2D eigenvalue weighted by molar-refractivity contribution is 5.79. The van der Waals surface area contributed by atoms with E-state index in [1.54, 1.807) is 0 Å². The van der Waals surface area contributed by atoms with E-state index in [0.717, 1.165) is 32.2 Å². The number of carboxylic acids is 1. The maximum Gasteiger partial charge on any atom is 0.306 e. The number of aliphatic carboxylic acids is 1. The zero-order valence-electron chi connectivity index (χ0n) is 12.5. The molecule has 0 aromatic heterocycles. The Bertz CT molecular complexity index is 395. The SMILES string of the molecule is O=C(O)C1CCN(C(=O)CN2CCN(C3CC3)CC2)CC1. The number of piperidine rings is 1. The summed E-state index contributed by atoms with van der Waals surface area (Å²) in [5, 5.41) is 8.98. The Morgan fingerprint density at radius 3 is 2.05 bits per heavy atom. The molecular weight excluding hydrogens is 270 g/mol. The van der Waals surface area contributed by atoms with E-state index in [2.05, 4.69) is 9.80 Å². The Balaban J connectivity index is 1.39. The Labute approximate surface area is 125 Å². The van der Waals surface area contributed by atoms with Gasteiger partial charge in [0.05, 0.1) is 12.5 Å². The van der Waals surface area contributed by atoms with Gasteiger partial charge in [0.25, 0.3) is 0 Å². The zero-order chi connectivity index (χ0) is 14.8. The summed E-state index contributed by atoms with van der Waals surface area (Å²) in [6, 6.07) is 0.817. The molecular formula is C15H25N3O3. The monoisotopic (exact) mass is 295 g/mol. The lowest BCUT2D eigenvalue weighted by Gasteiger charge is -2.36. The van der Waals surface area contributed by atoms with Crippen molar-refractivity contribution in [3.8, 4) is 0 Å². The molecule has 6 nitrogen and oxygen atoms in total. The highest BCUT2D eigenvalue weighted by Crippen LogP contribution is 2.27. The second-order valence-electron chi connectivity index (χ2n) is 6.54. The largest absolute Gasteiger partial charge is 0.481 e. The standard InChI is InChI=1S/C15H25N3O3/c19-14(18-5-3-12(4-6-18)15(20)21)11-16-7-9-17(10-8-16)13-1-2-13/h12-13H,1-11H2,(H,20,21). The van der Waals surface area contributed by atoms with Crippen molar-refractivity contribution in [2.45, 2.75) is 31.7 Å². The van der Waals surface area contributed by atoms with E-state index in [-0.39, 0.29) is 11.8 Å². The van der Waals surface area contributed by atoms with Crippen LogP contribution >= 0.6 is 0 Å². The molecule has 3 fully saturated rings. The minimum atomic E-state index is -0.724. The molecule has 21 heavy (non-hydrogen) atoms. The molecule has 2 heterocycles. The predicted octanol–water partition coefficient (Wildman–Crippen LogP) is 0.0896. The van der Waals surface area contributed by atoms with Crippen molar-refractivity contribution < 1.29 is 14.7 Å². The number of hydrogen-bond donors (Lipinski definition) is 1. The van der Waals surface area contributed by atoms with Crippen molar-refractivity contribution in [3.05, 3.63) is 0 Å². The highest BCUT2D eigenvalue weighted by atomic mass is 16.4. The average molecular weight is 295 g/mol. The highest BCUT2D eigenvalue weighted by Gasteiger charge is 2.32. The van der Waals surface area contributed by atoms with Gasteiger partial charge in [0.1, 0.15) is 0 Å². The molecule has 0 aromatic carbocycles. The number of likely N-dealkylation sites (tertiary alicyclic amines) is 1. The summed E-state index contributed by atoms with van der Waals surface area (Å²) in [4.78, 5) is 29.8. The molecule has 6 heteroatoms. The smallest absolute Gasteiger partial charge is 0.306 e.